The summed E-state index contributed by atoms with van der Waals surface area (Å²) in [5, 5.41) is 2.28. The molecule has 1 aromatic carbocycles. The fourth-order valence-corrected chi connectivity index (χ4v) is 3.53. The van der Waals surface area contributed by atoms with Crippen LogP contribution in [-0.2, 0) is 16.4 Å². The van der Waals surface area contributed by atoms with Crippen molar-refractivity contribution in [1.82, 2.24) is 14.9 Å². The fourth-order valence-electron chi connectivity index (χ4n) is 3.53. The molecule has 152 valence electrons. The smallest absolute Gasteiger partial charge is 0.328 e. The largest absolute Gasteiger partial charge is 0.416 e. The second-order valence-electron chi connectivity index (χ2n) is 7.02. The van der Waals surface area contributed by atoms with E-state index in [4.69, 9.17) is 0 Å². The van der Waals surface area contributed by atoms with Crippen molar-refractivity contribution in [3.05, 3.63) is 53.1 Å². The molecule has 0 radical (unpaired) electrons. The van der Waals surface area contributed by atoms with Crippen LogP contribution < -0.4 is 5.32 Å². The molecule has 1 fully saturated rings. The van der Waals surface area contributed by atoms with E-state index in [9.17, 15) is 31.5 Å². The van der Waals surface area contributed by atoms with Crippen LogP contribution in [0.5, 0.6) is 0 Å². The van der Waals surface area contributed by atoms with Gasteiger partial charge in [-0.25, -0.2) is 18.7 Å². The summed E-state index contributed by atoms with van der Waals surface area (Å²) in [4.78, 5) is 33.1. The van der Waals surface area contributed by atoms with E-state index >= 15 is 0 Å². The van der Waals surface area contributed by atoms with Gasteiger partial charge in [0.25, 0.3) is 5.91 Å². The Morgan fingerprint density at radius 2 is 1.93 bits per heavy atom. The normalized spacial score (nSPS) is 23.1. The summed E-state index contributed by atoms with van der Waals surface area (Å²) in [5.41, 5.74) is -2.25. The molecule has 1 aliphatic heterocycles. The number of carbonyl (C=O) groups excluding carboxylic acids is 2. The summed E-state index contributed by atoms with van der Waals surface area (Å²) in [7, 11) is 0. The van der Waals surface area contributed by atoms with Crippen molar-refractivity contribution in [3.63, 3.8) is 0 Å². The van der Waals surface area contributed by atoms with Crippen molar-refractivity contribution in [2.24, 2.45) is 0 Å². The number of fused-ring (bicyclic) bond motifs is 2. The number of benzene rings is 1. The predicted molar refractivity (Wildman–Crippen MR) is 89.2 cm³/mol. The first-order valence-corrected chi connectivity index (χ1v) is 8.53. The highest BCUT2D eigenvalue weighted by Gasteiger charge is 2.61. The van der Waals surface area contributed by atoms with Gasteiger partial charge in [-0.15, -0.1) is 0 Å². The Hall–Kier alpha value is -3.11. The molecule has 2 heterocycles. The van der Waals surface area contributed by atoms with Gasteiger partial charge in [-0.2, -0.15) is 13.2 Å². The number of carbonyl (C=O) groups is 2. The Bertz CT molecular complexity index is 995. The van der Waals surface area contributed by atoms with E-state index in [1.165, 1.54) is 0 Å². The molecule has 1 N–H and O–H groups in total. The van der Waals surface area contributed by atoms with Crippen LogP contribution in [0.15, 0.2) is 30.6 Å². The topological polar surface area (TPSA) is 75.2 Å². The number of nitrogens with zero attached hydrogens (tertiary/aromatic N) is 3. The lowest BCUT2D eigenvalue weighted by Gasteiger charge is -2.34. The molecular weight excluding hydrogens is 399 g/mol. The molecule has 1 spiro atoms. The molecule has 0 saturated heterocycles. The minimum atomic E-state index is -4.62. The number of aromatic nitrogens is 2. The van der Waals surface area contributed by atoms with Gasteiger partial charge in [0.15, 0.2) is 5.82 Å². The van der Waals surface area contributed by atoms with Crippen LogP contribution in [0.4, 0.5) is 27.9 Å². The standard InChI is InChI=1S/C18H13F5N4O2/c19-10-5-24-16(25-6-10)26-14(28)7-27-8-17(4-13(17)20)12-3-9(18(21,22)23)1-2-11(12)15(27)29/h1-3,5-6,13H,4,7-8H2,(H,24,25,26,28)/t13-,17+/m1/s1. The van der Waals surface area contributed by atoms with Gasteiger partial charge in [-0.3, -0.25) is 14.9 Å². The lowest BCUT2D eigenvalue weighted by atomic mass is 9.85. The van der Waals surface area contributed by atoms with Gasteiger partial charge >= 0.3 is 6.18 Å². The summed E-state index contributed by atoms with van der Waals surface area (Å²) < 4.78 is 66.1. The van der Waals surface area contributed by atoms with Crippen molar-refractivity contribution in [2.45, 2.75) is 24.2 Å². The molecule has 0 unspecified atom stereocenters. The lowest BCUT2D eigenvalue weighted by Crippen LogP contribution is -2.47. The molecule has 2 atom stereocenters. The summed E-state index contributed by atoms with van der Waals surface area (Å²) >= 11 is 0. The van der Waals surface area contributed by atoms with Gasteiger partial charge in [0, 0.05) is 17.5 Å². The second kappa shape index (κ2) is 6.46. The molecule has 1 aromatic heterocycles. The number of amides is 2. The zero-order valence-corrected chi connectivity index (χ0v) is 14.6. The molecular formula is C18H13F5N4O2. The van der Waals surface area contributed by atoms with E-state index in [0.717, 1.165) is 35.5 Å². The second-order valence-corrected chi connectivity index (χ2v) is 7.02. The third-order valence-corrected chi connectivity index (χ3v) is 5.06. The molecule has 0 bridgehead atoms. The Kier molecular flexibility index (Phi) is 4.28. The van der Waals surface area contributed by atoms with E-state index in [0.29, 0.717) is 0 Å². The number of alkyl halides is 4. The van der Waals surface area contributed by atoms with Gasteiger partial charge in [-0.1, -0.05) is 0 Å². The van der Waals surface area contributed by atoms with E-state index in [1.807, 2.05) is 0 Å². The molecule has 29 heavy (non-hydrogen) atoms. The number of hydrogen-bond donors (Lipinski definition) is 1. The third kappa shape index (κ3) is 3.40. The summed E-state index contributed by atoms with van der Waals surface area (Å²) in [6.45, 7) is -0.701. The highest BCUT2D eigenvalue weighted by Crippen LogP contribution is 2.55. The molecule has 2 aliphatic rings. The maximum Gasteiger partial charge on any atom is 0.416 e. The Labute approximate surface area is 160 Å². The number of halogens is 5. The lowest BCUT2D eigenvalue weighted by molar-refractivity contribution is -0.137. The monoisotopic (exact) mass is 412 g/mol. The minimum Gasteiger partial charge on any atom is -0.328 e. The number of anilines is 1. The highest BCUT2D eigenvalue weighted by molar-refractivity contribution is 6.01. The van der Waals surface area contributed by atoms with Crippen LogP contribution in [0, 0.1) is 5.82 Å². The van der Waals surface area contributed by atoms with Gasteiger partial charge in [-0.05, 0) is 30.2 Å². The number of nitrogens with one attached hydrogen (secondary N) is 1. The van der Waals surface area contributed by atoms with E-state index in [-0.39, 0.29) is 30.0 Å². The van der Waals surface area contributed by atoms with Crippen molar-refractivity contribution in [1.29, 1.82) is 0 Å². The minimum absolute atomic E-state index is 0.0170. The van der Waals surface area contributed by atoms with Gasteiger partial charge < -0.3 is 4.90 Å². The van der Waals surface area contributed by atoms with Crippen molar-refractivity contribution < 1.29 is 31.5 Å². The predicted octanol–water partition coefficient (Wildman–Crippen LogP) is 2.71. The maximum atomic E-state index is 14.2. The first kappa shape index (κ1) is 19.2. The average molecular weight is 412 g/mol. The zero-order chi connectivity index (χ0) is 21.0. The molecule has 1 aliphatic carbocycles. The van der Waals surface area contributed by atoms with Gasteiger partial charge in [0.2, 0.25) is 11.9 Å². The summed E-state index contributed by atoms with van der Waals surface area (Å²) in [5.74, 6) is -2.26. The van der Waals surface area contributed by atoms with Crippen LogP contribution in [0.2, 0.25) is 0 Å². The number of hydrogen-bond acceptors (Lipinski definition) is 4. The fraction of sp³-hybridized carbons (Fsp3) is 0.333. The van der Waals surface area contributed by atoms with Crippen molar-refractivity contribution >= 4 is 17.8 Å². The quantitative estimate of drug-likeness (QED) is 0.787. The van der Waals surface area contributed by atoms with Crippen LogP contribution >= 0.6 is 0 Å². The van der Waals surface area contributed by atoms with Crippen LogP contribution in [0.1, 0.15) is 27.9 Å². The third-order valence-electron chi connectivity index (χ3n) is 5.06. The maximum absolute atomic E-state index is 14.2. The van der Waals surface area contributed by atoms with Crippen LogP contribution in [0.3, 0.4) is 0 Å². The highest BCUT2D eigenvalue weighted by atomic mass is 19.4. The SMILES string of the molecule is O=C(CN1C[C@@]2(C[C@H]2F)c2cc(C(F)(F)F)ccc2C1=O)Nc1ncc(F)cn1. The van der Waals surface area contributed by atoms with Crippen molar-refractivity contribution in [3.8, 4) is 0 Å². The molecule has 6 nitrogen and oxygen atoms in total. The first-order valence-electron chi connectivity index (χ1n) is 8.53. The van der Waals surface area contributed by atoms with E-state index in [1.54, 1.807) is 0 Å². The Morgan fingerprint density at radius 3 is 2.52 bits per heavy atom. The van der Waals surface area contributed by atoms with Gasteiger partial charge in [0.1, 0.15) is 12.7 Å². The summed E-state index contributed by atoms with van der Waals surface area (Å²) in [6.07, 6.45) is -4.38. The van der Waals surface area contributed by atoms with Crippen LogP contribution in [0.25, 0.3) is 0 Å². The molecule has 2 amide bonds. The molecule has 2 aromatic rings. The first-order chi connectivity index (χ1) is 13.6. The van der Waals surface area contributed by atoms with E-state index in [2.05, 4.69) is 15.3 Å². The molecule has 4 rings (SSSR count). The Balaban J connectivity index is 1.58. The van der Waals surface area contributed by atoms with Crippen LogP contribution in [-0.4, -0.2) is 45.9 Å². The Morgan fingerprint density at radius 1 is 1.28 bits per heavy atom. The van der Waals surface area contributed by atoms with Crippen molar-refractivity contribution in [2.75, 3.05) is 18.4 Å². The summed E-state index contributed by atoms with van der Waals surface area (Å²) in [6, 6.07) is 2.59. The average Bonchev–Trinajstić information content (AvgIpc) is 3.30. The number of rotatable bonds is 3. The zero-order valence-electron chi connectivity index (χ0n) is 14.6. The molecule has 1 saturated carbocycles. The molecule has 11 heteroatoms. The van der Waals surface area contributed by atoms with Gasteiger partial charge in [0.05, 0.1) is 18.0 Å². The van der Waals surface area contributed by atoms with E-state index < -0.39 is 47.5 Å².